The lowest BCUT2D eigenvalue weighted by atomic mass is 9.65. The van der Waals surface area contributed by atoms with Crippen molar-refractivity contribution < 1.29 is 19.0 Å². The Bertz CT molecular complexity index is 1360. The van der Waals surface area contributed by atoms with Crippen molar-refractivity contribution in [3.63, 3.8) is 0 Å². The summed E-state index contributed by atoms with van der Waals surface area (Å²) in [4.78, 5) is 0. The van der Waals surface area contributed by atoms with Crippen LogP contribution in [0.2, 0.25) is 0 Å². The van der Waals surface area contributed by atoms with E-state index in [1.807, 2.05) is 62.4 Å². The Morgan fingerprint density at radius 3 is 1.14 bits per heavy atom. The third-order valence-corrected chi connectivity index (χ3v) is 9.53. The summed E-state index contributed by atoms with van der Waals surface area (Å²) in [5.74, 6) is 0.287. The van der Waals surface area contributed by atoms with Crippen molar-refractivity contribution in [2.75, 3.05) is 0 Å². The van der Waals surface area contributed by atoms with Crippen LogP contribution in [-0.2, 0) is 10.8 Å². The fourth-order valence-corrected chi connectivity index (χ4v) is 7.31. The molecule has 4 aromatic rings. The predicted octanol–water partition coefficient (Wildman–Crippen LogP) is 10.2. The van der Waals surface area contributed by atoms with Crippen molar-refractivity contribution in [3.8, 4) is 11.5 Å². The van der Waals surface area contributed by atoms with Crippen LogP contribution in [0, 0.1) is 25.5 Å². The highest BCUT2D eigenvalue weighted by molar-refractivity contribution is 5.45. The van der Waals surface area contributed by atoms with Crippen LogP contribution in [0.25, 0.3) is 0 Å². The van der Waals surface area contributed by atoms with E-state index in [0.717, 1.165) is 84.7 Å². The fourth-order valence-electron chi connectivity index (χ4n) is 7.31. The second-order valence-electron chi connectivity index (χ2n) is 12.3. The number of phenols is 2. The van der Waals surface area contributed by atoms with Gasteiger partial charge in [0.1, 0.15) is 23.1 Å². The van der Waals surface area contributed by atoms with Crippen molar-refractivity contribution in [3.05, 3.63) is 130 Å². The summed E-state index contributed by atoms with van der Waals surface area (Å²) in [6, 6.07) is 25.4. The molecule has 0 aliphatic heterocycles. The number of benzene rings is 4. The maximum atomic E-state index is 14.5. The van der Waals surface area contributed by atoms with Gasteiger partial charge in [0.15, 0.2) is 0 Å². The number of hydrogen-bond acceptors (Lipinski definition) is 2. The van der Waals surface area contributed by atoms with Gasteiger partial charge in [0, 0.05) is 10.8 Å². The summed E-state index contributed by atoms with van der Waals surface area (Å²) in [6.07, 6.45) is 10.8. The fraction of sp³-hybridized carbons (Fsp3) is 0.368. The molecule has 0 radical (unpaired) electrons. The largest absolute Gasteiger partial charge is 0.508 e. The standard InChI is InChI=1S/2C19H21FO/c2*1-14-5-10-18(20)17(13-14)19(11-3-2-4-12-19)15-6-8-16(21)9-7-15/h2*5-10,13,21H,2-4,11-12H2,1H3. The van der Waals surface area contributed by atoms with Gasteiger partial charge in [0.05, 0.1) is 0 Å². The molecule has 0 atom stereocenters. The van der Waals surface area contributed by atoms with Gasteiger partial charge >= 0.3 is 0 Å². The van der Waals surface area contributed by atoms with Crippen molar-refractivity contribution >= 4 is 0 Å². The van der Waals surface area contributed by atoms with Gasteiger partial charge in [-0.05, 0) is 98.2 Å². The normalized spacial score (nSPS) is 17.6. The summed E-state index contributed by atoms with van der Waals surface area (Å²) in [5.41, 5.74) is 5.55. The molecule has 2 aliphatic rings. The van der Waals surface area contributed by atoms with Crippen LogP contribution in [0.4, 0.5) is 8.78 Å². The van der Waals surface area contributed by atoms with E-state index in [1.165, 1.54) is 12.8 Å². The highest BCUT2D eigenvalue weighted by Gasteiger charge is 2.39. The molecule has 2 aliphatic carbocycles. The lowest BCUT2D eigenvalue weighted by Gasteiger charge is -2.39. The molecule has 6 rings (SSSR count). The quantitative estimate of drug-likeness (QED) is 0.257. The maximum absolute atomic E-state index is 14.5. The molecule has 0 aromatic heterocycles. The number of halogens is 2. The SMILES string of the molecule is Cc1ccc(F)c(C2(c3ccc(O)cc3)CCCCC2)c1.Cc1ccc(F)c(C2(c3ccc(O)cc3)CCCCC2)c1. The monoisotopic (exact) mass is 568 g/mol. The van der Waals surface area contributed by atoms with E-state index >= 15 is 0 Å². The zero-order valence-corrected chi connectivity index (χ0v) is 24.8. The van der Waals surface area contributed by atoms with Crippen molar-refractivity contribution in [1.29, 1.82) is 0 Å². The molecule has 2 nitrogen and oxygen atoms in total. The van der Waals surface area contributed by atoms with Gasteiger partial charge < -0.3 is 10.2 Å². The summed E-state index contributed by atoms with van der Waals surface area (Å²) < 4.78 is 29.0. The number of phenolic OH excluding ortho intramolecular Hbond substituents is 2. The van der Waals surface area contributed by atoms with E-state index in [9.17, 15) is 19.0 Å². The van der Waals surface area contributed by atoms with Crippen LogP contribution >= 0.6 is 0 Å². The van der Waals surface area contributed by atoms with Crippen LogP contribution in [0.15, 0.2) is 84.9 Å². The molecule has 4 aromatic carbocycles. The number of aryl methyl sites for hydroxylation is 2. The average molecular weight is 569 g/mol. The second kappa shape index (κ2) is 12.7. The maximum Gasteiger partial charge on any atom is 0.127 e. The molecule has 4 heteroatoms. The van der Waals surface area contributed by atoms with Gasteiger partial charge in [-0.15, -0.1) is 0 Å². The Hall–Kier alpha value is -3.66. The summed E-state index contributed by atoms with van der Waals surface area (Å²) >= 11 is 0. The minimum atomic E-state index is -0.248. The topological polar surface area (TPSA) is 40.5 Å². The lowest BCUT2D eigenvalue weighted by Crippen LogP contribution is -2.31. The summed E-state index contributed by atoms with van der Waals surface area (Å²) in [7, 11) is 0. The Morgan fingerprint density at radius 1 is 0.476 bits per heavy atom. The molecular formula is C38H42F2O2. The first-order chi connectivity index (χ1) is 20.2. The predicted molar refractivity (Wildman–Crippen MR) is 166 cm³/mol. The number of hydrogen-bond donors (Lipinski definition) is 2. The lowest BCUT2D eigenvalue weighted by molar-refractivity contribution is 0.334. The van der Waals surface area contributed by atoms with E-state index < -0.39 is 0 Å². The Morgan fingerprint density at radius 2 is 0.810 bits per heavy atom. The van der Waals surface area contributed by atoms with Gasteiger partial charge in [-0.25, -0.2) is 8.78 Å². The van der Waals surface area contributed by atoms with Crippen LogP contribution in [0.3, 0.4) is 0 Å². The second-order valence-corrected chi connectivity index (χ2v) is 12.3. The molecular weight excluding hydrogens is 526 g/mol. The highest BCUT2D eigenvalue weighted by atomic mass is 19.1. The molecule has 0 unspecified atom stereocenters. The molecule has 2 N–H and O–H groups in total. The first kappa shape index (κ1) is 29.8. The van der Waals surface area contributed by atoms with E-state index in [1.54, 1.807) is 36.4 Å². The highest BCUT2D eigenvalue weighted by Crippen LogP contribution is 2.47. The third kappa shape index (κ3) is 6.09. The summed E-state index contributed by atoms with van der Waals surface area (Å²) in [6.45, 7) is 4.02. The first-order valence-corrected chi connectivity index (χ1v) is 15.4. The van der Waals surface area contributed by atoms with Crippen LogP contribution in [0.5, 0.6) is 11.5 Å². The third-order valence-electron chi connectivity index (χ3n) is 9.53. The number of aromatic hydroxyl groups is 2. The Labute approximate surface area is 249 Å². The minimum Gasteiger partial charge on any atom is -0.508 e. The molecule has 0 amide bonds. The Balaban J connectivity index is 0.000000168. The van der Waals surface area contributed by atoms with Crippen LogP contribution in [0.1, 0.15) is 97.6 Å². The molecule has 220 valence electrons. The smallest absolute Gasteiger partial charge is 0.127 e. The molecule has 0 spiro atoms. The van der Waals surface area contributed by atoms with Gasteiger partial charge in [-0.2, -0.15) is 0 Å². The van der Waals surface area contributed by atoms with Gasteiger partial charge in [-0.3, -0.25) is 0 Å². The molecule has 2 saturated carbocycles. The van der Waals surface area contributed by atoms with Gasteiger partial charge in [0.25, 0.3) is 0 Å². The van der Waals surface area contributed by atoms with Gasteiger partial charge in [-0.1, -0.05) is 98.2 Å². The molecule has 0 bridgehead atoms. The molecule has 42 heavy (non-hydrogen) atoms. The molecule has 0 heterocycles. The van der Waals surface area contributed by atoms with Crippen molar-refractivity contribution in [2.24, 2.45) is 0 Å². The summed E-state index contributed by atoms with van der Waals surface area (Å²) in [5, 5.41) is 19.1. The van der Waals surface area contributed by atoms with E-state index in [0.29, 0.717) is 0 Å². The van der Waals surface area contributed by atoms with Crippen molar-refractivity contribution in [1.82, 2.24) is 0 Å². The Kier molecular flexibility index (Phi) is 9.01. The van der Waals surface area contributed by atoms with E-state index in [-0.39, 0.29) is 34.0 Å². The van der Waals surface area contributed by atoms with Gasteiger partial charge in [0.2, 0.25) is 0 Å². The molecule has 2 fully saturated rings. The first-order valence-electron chi connectivity index (χ1n) is 15.4. The number of rotatable bonds is 4. The van der Waals surface area contributed by atoms with Crippen molar-refractivity contribution in [2.45, 2.75) is 88.9 Å². The van der Waals surface area contributed by atoms with E-state index in [2.05, 4.69) is 0 Å². The van der Waals surface area contributed by atoms with E-state index in [4.69, 9.17) is 0 Å². The van der Waals surface area contributed by atoms with Crippen LogP contribution < -0.4 is 0 Å². The molecule has 0 saturated heterocycles. The van der Waals surface area contributed by atoms with Crippen LogP contribution in [-0.4, -0.2) is 10.2 Å². The average Bonchev–Trinajstić information content (AvgIpc) is 3.01. The zero-order chi connectivity index (χ0) is 29.7. The minimum absolute atomic E-state index is 0.115. The zero-order valence-electron chi connectivity index (χ0n) is 24.8.